The monoisotopic (exact) mass is 222 g/mol. The predicted molar refractivity (Wildman–Crippen MR) is 60.6 cm³/mol. The van der Waals surface area contributed by atoms with Crippen molar-refractivity contribution in [2.24, 2.45) is 0 Å². The van der Waals surface area contributed by atoms with Gasteiger partial charge in [0.1, 0.15) is 18.1 Å². The number of carbonyl (C=O) groups excluding carboxylic acids is 1. The average molecular weight is 222 g/mol. The standard InChI is InChI=1S/C12H14O4/c1-14-11-6-3-7-12(15-2)10(11)5-4-8-16-9-13/h3-7,9H,8H2,1-2H3. The zero-order valence-corrected chi connectivity index (χ0v) is 9.30. The van der Waals surface area contributed by atoms with Crippen molar-refractivity contribution >= 4 is 12.5 Å². The highest BCUT2D eigenvalue weighted by Gasteiger charge is 2.05. The largest absolute Gasteiger partial charge is 0.496 e. The summed E-state index contributed by atoms with van der Waals surface area (Å²) in [5.41, 5.74) is 0.821. The van der Waals surface area contributed by atoms with Crippen LogP contribution in [0.25, 0.3) is 6.08 Å². The van der Waals surface area contributed by atoms with Crippen LogP contribution in [0, 0.1) is 0 Å². The number of hydrogen-bond acceptors (Lipinski definition) is 4. The highest BCUT2D eigenvalue weighted by Crippen LogP contribution is 2.29. The van der Waals surface area contributed by atoms with E-state index < -0.39 is 0 Å². The first-order valence-electron chi connectivity index (χ1n) is 4.76. The molecule has 0 radical (unpaired) electrons. The molecule has 4 nitrogen and oxygen atoms in total. The summed E-state index contributed by atoms with van der Waals surface area (Å²) in [6.07, 6.45) is 3.51. The zero-order valence-electron chi connectivity index (χ0n) is 9.30. The second kappa shape index (κ2) is 6.50. The molecular formula is C12H14O4. The third kappa shape index (κ3) is 3.02. The fraction of sp³-hybridized carbons (Fsp3) is 0.250. The molecule has 1 aromatic carbocycles. The molecule has 0 aliphatic heterocycles. The van der Waals surface area contributed by atoms with Crippen molar-refractivity contribution in [3.05, 3.63) is 29.8 Å². The SMILES string of the molecule is COc1cccc(OC)c1C=CCOC=O. The van der Waals surface area contributed by atoms with Crippen LogP contribution in [0.4, 0.5) is 0 Å². The summed E-state index contributed by atoms with van der Waals surface area (Å²) < 4.78 is 15.0. The van der Waals surface area contributed by atoms with Gasteiger partial charge < -0.3 is 14.2 Å². The maximum absolute atomic E-state index is 9.96. The van der Waals surface area contributed by atoms with Gasteiger partial charge in [-0.05, 0) is 24.3 Å². The van der Waals surface area contributed by atoms with Crippen molar-refractivity contribution in [2.45, 2.75) is 0 Å². The van der Waals surface area contributed by atoms with E-state index in [1.165, 1.54) is 0 Å². The molecule has 0 unspecified atom stereocenters. The molecule has 16 heavy (non-hydrogen) atoms. The Hall–Kier alpha value is -1.97. The van der Waals surface area contributed by atoms with Crippen LogP contribution in [-0.2, 0) is 9.53 Å². The minimum Gasteiger partial charge on any atom is -0.496 e. The van der Waals surface area contributed by atoms with Gasteiger partial charge in [-0.2, -0.15) is 0 Å². The highest BCUT2D eigenvalue weighted by atomic mass is 16.5. The Bertz CT molecular complexity index is 349. The molecule has 0 amide bonds. The molecular weight excluding hydrogens is 208 g/mol. The Morgan fingerprint density at radius 2 is 1.81 bits per heavy atom. The summed E-state index contributed by atoms with van der Waals surface area (Å²) in [4.78, 5) is 9.96. The molecule has 0 N–H and O–H groups in total. The third-order valence-corrected chi connectivity index (χ3v) is 2.01. The van der Waals surface area contributed by atoms with Crippen molar-refractivity contribution in [1.82, 2.24) is 0 Å². The van der Waals surface area contributed by atoms with Crippen molar-refractivity contribution in [3.63, 3.8) is 0 Å². The first-order valence-corrected chi connectivity index (χ1v) is 4.76. The smallest absolute Gasteiger partial charge is 0.293 e. The van der Waals surface area contributed by atoms with Gasteiger partial charge in [0.25, 0.3) is 6.47 Å². The van der Waals surface area contributed by atoms with Crippen LogP contribution >= 0.6 is 0 Å². The van der Waals surface area contributed by atoms with E-state index in [0.717, 1.165) is 5.56 Å². The highest BCUT2D eigenvalue weighted by molar-refractivity contribution is 5.64. The summed E-state index contributed by atoms with van der Waals surface area (Å²) >= 11 is 0. The molecule has 0 aliphatic rings. The van der Waals surface area contributed by atoms with Crippen LogP contribution in [0.1, 0.15) is 5.56 Å². The molecule has 4 heteroatoms. The molecule has 1 rings (SSSR count). The minimum atomic E-state index is 0.227. The molecule has 0 aromatic heterocycles. The molecule has 0 atom stereocenters. The minimum absolute atomic E-state index is 0.227. The van der Waals surface area contributed by atoms with Gasteiger partial charge in [-0.3, -0.25) is 4.79 Å². The quantitative estimate of drug-likeness (QED) is 0.544. The fourth-order valence-corrected chi connectivity index (χ4v) is 1.30. The molecule has 0 bridgehead atoms. The Morgan fingerprint density at radius 3 is 2.31 bits per heavy atom. The van der Waals surface area contributed by atoms with E-state index in [1.807, 2.05) is 18.2 Å². The van der Waals surface area contributed by atoms with Gasteiger partial charge >= 0.3 is 0 Å². The van der Waals surface area contributed by atoms with Crippen molar-refractivity contribution < 1.29 is 19.0 Å². The van der Waals surface area contributed by atoms with E-state index in [4.69, 9.17) is 9.47 Å². The van der Waals surface area contributed by atoms with Gasteiger partial charge in [0.05, 0.1) is 19.8 Å². The van der Waals surface area contributed by atoms with E-state index in [9.17, 15) is 4.79 Å². The maximum atomic E-state index is 9.96. The van der Waals surface area contributed by atoms with Crippen LogP contribution in [-0.4, -0.2) is 27.3 Å². The van der Waals surface area contributed by atoms with Crippen molar-refractivity contribution in [3.8, 4) is 11.5 Å². The molecule has 0 saturated carbocycles. The lowest BCUT2D eigenvalue weighted by molar-refractivity contribution is -0.127. The predicted octanol–water partition coefficient (Wildman–Crippen LogP) is 1.89. The molecule has 0 saturated heterocycles. The molecule has 1 aromatic rings. The Morgan fingerprint density at radius 1 is 1.19 bits per heavy atom. The Balaban J connectivity index is 2.90. The Kier molecular flexibility index (Phi) is 4.92. The van der Waals surface area contributed by atoms with Crippen LogP contribution in [0.5, 0.6) is 11.5 Å². The van der Waals surface area contributed by atoms with Gasteiger partial charge in [-0.1, -0.05) is 6.07 Å². The van der Waals surface area contributed by atoms with Crippen LogP contribution in [0.3, 0.4) is 0 Å². The summed E-state index contributed by atoms with van der Waals surface area (Å²) in [6.45, 7) is 0.633. The summed E-state index contributed by atoms with van der Waals surface area (Å²) in [5.74, 6) is 1.42. The van der Waals surface area contributed by atoms with Crippen LogP contribution in [0.15, 0.2) is 24.3 Å². The average Bonchev–Trinajstić information content (AvgIpc) is 2.34. The van der Waals surface area contributed by atoms with Gasteiger partial charge in [0, 0.05) is 0 Å². The lowest BCUT2D eigenvalue weighted by atomic mass is 10.1. The molecule has 0 fully saturated rings. The van der Waals surface area contributed by atoms with Gasteiger partial charge in [0.15, 0.2) is 0 Å². The second-order valence-electron chi connectivity index (χ2n) is 2.91. The molecule has 0 aliphatic carbocycles. The van der Waals surface area contributed by atoms with Gasteiger partial charge in [0.2, 0.25) is 0 Å². The molecule has 0 heterocycles. The first kappa shape index (κ1) is 12.1. The fourth-order valence-electron chi connectivity index (χ4n) is 1.30. The number of carbonyl (C=O) groups is 1. The van der Waals surface area contributed by atoms with E-state index in [0.29, 0.717) is 18.0 Å². The molecule has 86 valence electrons. The normalized spacial score (nSPS) is 10.1. The molecule has 0 spiro atoms. The number of methoxy groups -OCH3 is 2. The summed E-state index contributed by atoms with van der Waals surface area (Å²) in [7, 11) is 3.18. The zero-order chi connectivity index (χ0) is 11.8. The second-order valence-corrected chi connectivity index (χ2v) is 2.91. The van der Waals surface area contributed by atoms with E-state index in [-0.39, 0.29) is 6.61 Å². The third-order valence-electron chi connectivity index (χ3n) is 2.01. The number of benzene rings is 1. The van der Waals surface area contributed by atoms with E-state index >= 15 is 0 Å². The van der Waals surface area contributed by atoms with Crippen LogP contribution < -0.4 is 9.47 Å². The topological polar surface area (TPSA) is 44.8 Å². The summed E-state index contributed by atoms with van der Waals surface area (Å²) in [6, 6.07) is 5.52. The maximum Gasteiger partial charge on any atom is 0.293 e. The first-order chi connectivity index (χ1) is 7.83. The number of rotatable bonds is 6. The summed E-state index contributed by atoms with van der Waals surface area (Å²) in [5, 5.41) is 0. The Labute approximate surface area is 94.4 Å². The lowest BCUT2D eigenvalue weighted by Crippen LogP contribution is -1.92. The van der Waals surface area contributed by atoms with E-state index in [2.05, 4.69) is 4.74 Å². The van der Waals surface area contributed by atoms with E-state index in [1.54, 1.807) is 26.4 Å². The number of hydrogen-bond donors (Lipinski definition) is 0. The van der Waals surface area contributed by atoms with Gasteiger partial charge in [-0.15, -0.1) is 0 Å². The van der Waals surface area contributed by atoms with Gasteiger partial charge in [-0.25, -0.2) is 0 Å². The number of ether oxygens (including phenoxy) is 3. The lowest BCUT2D eigenvalue weighted by Gasteiger charge is -2.09. The van der Waals surface area contributed by atoms with Crippen LogP contribution in [0.2, 0.25) is 0 Å². The van der Waals surface area contributed by atoms with Crippen molar-refractivity contribution in [2.75, 3.05) is 20.8 Å². The van der Waals surface area contributed by atoms with Crippen molar-refractivity contribution in [1.29, 1.82) is 0 Å².